The van der Waals surface area contributed by atoms with Gasteiger partial charge in [0, 0.05) is 12.5 Å². The van der Waals surface area contributed by atoms with Gasteiger partial charge >= 0.3 is 12.0 Å². The molecule has 0 rings (SSSR count). The molecule has 98 valence electrons. The van der Waals surface area contributed by atoms with E-state index in [0.717, 1.165) is 0 Å². The maximum Gasteiger partial charge on any atom is 0.326 e. The van der Waals surface area contributed by atoms with Crippen molar-refractivity contribution in [3.8, 4) is 0 Å². The van der Waals surface area contributed by atoms with Crippen molar-refractivity contribution in [1.29, 1.82) is 0 Å². The number of primary amides is 1. The molecule has 17 heavy (non-hydrogen) atoms. The van der Waals surface area contributed by atoms with E-state index < -0.39 is 30.0 Å². The molecule has 0 saturated carbocycles. The molecule has 0 aliphatic heterocycles. The third kappa shape index (κ3) is 7.15. The van der Waals surface area contributed by atoms with E-state index in [9.17, 15) is 14.4 Å². The van der Waals surface area contributed by atoms with Crippen molar-refractivity contribution in [2.24, 2.45) is 5.73 Å². The molecule has 5 N–H and O–H groups in total. The Kier molecular flexibility index (Phi) is 6.69. The number of carbonyl (C=O) groups is 3. The fraction of sp³-hybridized carbons (Fsp3) is 0.700. The number of rotatable bonds is 7. The molecule has 0 aromatic rings. The van der Waals surface area contributed by atoms with Gasteiger partial charge in [0.15, 0.2) is 0 Å². The van der Waals surface area contributed by atoms with Crippen LogP contribution in [0.25, 0.3) is 0 Å². The highest BCUT2D eigenvalue weighted by Gasteiger charge is 2.19. The Morgan fingerprint density at radius 1 is 1.29 bits per heavy atom. The summed E-state index contributed by atoms with van der Waals surface area (Å²) >= 11 is 0. The Morgan fingerprint density at radius 2 is 1.88 bits per heavy atom. The smallest absolute Gasteiger partial charge is 0.326 e. The molecular formula is C10H19N3O4. The van der Waals surface area contributed by atoms with Gasteiger partial charge in [0.05, 0.1) is 0 Å². The third-order valence-corrected chi connectivity index (χ3v) is 2.07. The van der Waals surface area contributed by atoms with E-state index in [1.54, 1.807) is 6.92 Å². The summed E-state index contributed by atoms with van der Waals surface area (Å²) in [5.74, 6) is -1.61. The van der Waals surface area contributed by atoms with Crippen LogP contribution in [0.15, 0.2) is 0 Å². The first-order valence-electron chi connectivity index (χ1n) is 5.45. The Bertz CT molecular complexity index is 293. The lowest BCUT2D eigenvalue weighted by atomic mass is 10.2. The lowest BCUT2D eigenvalue weighted by molar-refractivity contribution is -0.139. The number of nitrogens with two attached hydrogens (primary N) is 1. The molecule has 0 heterocycles. The van der Waals surface area contributed by atoms with E-state index in [-0.39, 0.29) is 6.42 Å². The number of carboxylic acids is 1. The summed E-state index contributed by atoms with van der Waals surface area (Å²) in [6.07, 6.45) is 1.01. The van der Waals surface area contributed by atoms with Crippen LogP contribution >= 0.6 is 0 Å². The van der Waals surface area contributed by atoms with Gasteiger partial charge in [0.1, 0.15) is 6.04 Å². The summed E-state index contributed by atoms with van der Waals surface area (Å²) in [6.45, 7) is 3.44. The van der Waals surface area contributed by atoms with Gasteiger partial charge in [0.25, 0.3) is 0 Å². The van der Waals surface area contributed by atoms with E-state index in [0.29, 0.717) is 12.8 Å². The summed E-state index contributed by atoms with van der Waals surface area (Å²) < 4.78 is 0. The first-order valence-corrected chi connectivity index (χ1v) is 5.45. The Balaban J connectivity index is 4.14. The Morgan fingerprint density at radius 3 is 2.29 bits per heavy atom. The number of carboxylic acid groups (broad SMARTS) is 1. The fourth-order valence-electron chi connectivity index (χ4n) is 1.32. The van der Waals surface area contributed by atoms with Gasteiger partial charge in [-0.25, -0.2) is 9.59 Å². The minimum Gasteiger partial charge on any atom is -0.480 e. The minimum absolute atomic E-state index is 0.0128. The SMILES string of the molecule is CCC[C@@H](NC(=O)NC(C)CC(N)=O)C(=O)O. The quantitative estimate of drug-likeness (QED) is 0.496. The van der Waals surface area contributed by atoms with Gasteiger partial charge in [-0.2, -0.15) is 0 Å². The van der Waals surface area contributed by atoms with Gasteiger partial charge in [0.2, 0.25) is 5.91 Å². The van der Waals surface area contributed by atoms with E-state index in [4.69, 9.17) is 10.8 Å². The van der Waals surface area contributed by atoms with Gasteiger partial charge in [-0.1, -0.05) is 13.3 Å². The summed E-state index contributed by atoms with van der Waals surface area (Å²) in [5.41, 5.74) is 4.96. The summed E-state index contributed by atoms with van der Waals surface area (Å²) in [7, 11) is 0. The molecule has 0 aliphatic carbocycles. The molecule has 0 spiro atoms. The highest BCUT2D eigenvalue weighted by atomic mass is 16.4. The molecule has 0 fully saturated rings. The van der Waals surface area contributed by atoms with Crippen LogP contribution in [0, 0.1) is 0 Å². The zero-order valence-electron chi connectivity index (χ0n) is 10.0. The second-order valence-corrected chi connectivity index (χ2v) is 3.87. The molecule has 0 aromatic heterocycles. The highest BCUT2D eigenvalue weighted by molar-refractivity contribution is 5.83. The summed E-state index contributed by atoms with van der Waals surface area (Å²) in [5, 5.41) is 13.6. The molecule has 0 saturated heterocycles. The molecular weight excluding hydrogens is 226 g/mol. The molecule has 7 nitrogen and oxygen atoms in total. The van der Waals surface area contributed by atoms with E-state index in [1.165, 1.54) is 0 Å². The molecule has 3 amide bonds. The summed E-state index contributed by atoms with van der Waals surface area (Å²) in [4.78, 5) is 32.7. The van der Waals surface area contributed by atoms with E-state index in [2.05, 4.69) is 10.6 Å². The number of hydrogen-bond donors (Lipinski definition) is 4. The number of carbonyl (C=O) groups excluding carboxylic acids is 2. The van der Waals surface area contributed by atoms with Crippen molar-refractivity contribution in [3.63, 3.8) is 0 Å². The van der Waals surface area contributed by atoms with Crippen molar-refractivity contribution in [2.75, 3.05) is 0 Å². The first kappa shape index (κ1) is 15.2. The van der Waals surface area contributed by atoms with Crippen LogP contribution in [0.1, 0.15) is 33.1 Å². The average molecular weight is 245 g/mol. The van der Waals surface area contributed by atoms with Gasteiger partial charge in [-0.15, -0.1) is 0 Å². The zero-order valence-corrected chi connectivity index (χ0v) is 10.0. The molecule has 0 aliphatic rings. The maximum atomic E-state index is 11.4. The minimum atomic E-state index is -1.08. The first-order chi connectivity index (χ1) is 7.86. The molecule has 0 radical (unpaired) electrons. The van der Waals surface area contributed by atoms with Gasteiger partial charge < -0.3 is 21.5 Å². The fourth-order valence-corrected chi connectivity index (χ4v) is 1.32. The topological polar surface area (TPSA) is 122 Å². The number of hydrogen-bond acceptors (Lipinski definition) is 3. The molecule has 0 aromatic carbocycles. The van der Waals surface area contributed by atoms with Crippen molar-refractivity contribution < 1.29 is 19.5 Å². The van der Waals surface area contributed by atoms with Crippen LogP contribution < -0.4 is 16.4 Å². The van der Waals surface area contributed by atoms with Crippen molar-refractivity contribution >= 4 is 17.9 Å². The predicted octanol–water partition coefficient (Wildman–Crippen LogP) is -0.197. The van der Waals surface area contributed by atoms with Crippen molar-refractivity contribution in [1.82, 2.24) is 10.6 Å². The standard InChI is InChI=1S/C10H19N3O4/c1-3-4-7(9(15)16)13-10(17)12-6(2)5-8(11)14/h6-7H,3-5H2,1-2H3,(H2,11,14)(H,15,16)(H2,12,13,17)/t6?,7-/m1/s1. The zero-order chi connectivity index (χ0) is 13.4. The van der Waals surface area contributed by atoms with E-state index in [1.807, 2.05) is 6.92 Å². The lowest BCUT2D eigenvalue weighted by Gasteiger charge is -2.17. The monoisotopic (exact) mass is 245 g/mol. The normalized spacial score (nSPS) is 13.5. The molecule has 0 bridgehead atoms. The highest BCUT2D eigenvalue weighted by Crippen LogP contribution is 1.97. The van der Waals surface area contributed by atoms with Gasteiger partial charge in [-0.05, 0) is 13.3 Å². The average Bonchev–Trinajstić information content (AvgIpc) is 2.14. The van der Waals surface area contributed by atoms with Crippen LogP contribution in [-0.4, -0.2) is 35.1 Å². The van der Waals surface area contributed by atoms with Crippen molar-refractivity contribution in [3.05, 3.63) is 0 Å². The number of aliphatic carboxylic acids is 1. The molecule has 2 atom stereocenters. The number of urea groups is 1. The second-order valence-electron chi connectivity index (χ2n) is 3.87. The van der Waals surface area contributed by atoms with Gasteiger partial charge in [-0.3, -0.25) is 4.79 Å². The number of amides is 3. The van der Waals surface area contributed by atoms with Crippen LogP contribution in [0.4, 0.5) is 4.79 Å². The maximum absolute atomic E-state index is 11.4. The number of nitrogens with one attached hydrogen (secondary N) is 2. The Hall–Kier alpha value is -1.79. The second kappa shape index (κ2) is 7.48. The third-order valence-electron chi connectivity index (χ3n) is 2.07. The van der Waals surface area contributed by atoms with Crippen LogP contribution in [-0.2, 0) is 9.59 Å². The Labute approximate surface area is 99.7 Å². The molecule has 1 unspecified atom stereocenters. The van der Waals surface area contributed by atoms with E-state index >= 15 is 0 Å². The predicted molar refractivity (Wildman–Crippen MR) is 61.3 cm³/mol. The van der Waals surface area contributed by atoms with Crippen molar-refractivity contribution in [2.45, 2.75) is 45.2 Å². The van der Waals surface area contributed by atoms with Crippen LogP contribution in [0.2, 0.25) is 0 Å². The van der Waals surface area contributed by atoms with Crippen LogP contribution in [0.5, 0.6) is 0 Å². The largest absolute Gasteiger partial charge is 0.480 e. The summed E-state index contributed by atoms with van der Waals surface area (Å²) in [6, 6.07) is -1.95. The lowest BCUT2D eigenvalue weighted by Crippen LogP contribution is -2.48. The van der Waals surface area contributed by atoms with Crippen LogP contribution in [0.3, 0.4) is 0 Å². The molecule has 7 heteroatoms.